The Morgan fingerprint density at radius 3 is 1.44 bits per heavy atom. The number of hydrogen-bond acceptors (Lipinski definition) is 8. The Morgan fingerprint density at radius 1 is 0.647 bits per heavy atom. The predicted molar refractivity (Wildman–Crippen MR) is 127 cm³/mol. The first-order valence-electron chi connectivity index (χ1n) is 10.8. The van der Waals surface area contributed by atoms with Crippen molar-refractivity contribution < 1.29 is 18.3 Å². The molecule has 0 bridgehead atoms. The van der Waals surface area contributed by atoms with E-state index in [1.165, 1.54) is 0 Å². The molecule has 0 unspecified atom stereocenters. The van der Waals surface area contributed by atoms with E-state index >= 15 is 0 Å². The van der Waals surface area contributed by atoms with Crippen molar-refractivity contribution in [1.82, 2.24) is 9.97 Å². The molecule has 5 rings (SSSR count). The SMILES string of the molecule is CCOc1ccc2nc(-c3ccc(-c4nc5ccc(OCC)cc5c(=O)o4)cc3)oc(=O)c2c1. The van der Waals surface area contributed by atoms with Crippen LogP contribution < -0.4 is 20.7 Å². The fraction of sp³-hybridized carbons (Fsp3) is 0.154. The quantitative estimate of drug-likeness (QED) is 0.358. The van der Waals surface area contributed by atoms with Gasteiger partial charge in [0.25, 0.3) is 0 Å². The third kappa shape index (κ3) is 4.01. The van der Waals surface area contributed by atoms with Crippen molar-refractivity contribution >= 4 is 21.8 Å². The lowest BCUT2D eigenvalue weighted by Gasteiger charge is -2.06. The second-order valence-corrected chi connectivity index (χ2v) is 7.41. The van der Waals surface area contributed by atoms with E-state index in [0.717, 1.165) is 0 Å². The van der Waals surface area contributed by atoms with Crippen molar-refractivity contribution in [2.24, 2.45) is 0 Å². The molecule has 0 aliphatic carbocycles. The molecule has 5 aromatic rings. The molecule has 0 fully saturated rings. The Hall–Kier alpha value is -4.46. The van der Waals surface area contributed by atoms with Crippen LogP contribution in [-0.4, -0.2) is 23.2 Å². The normalized spacial score (nSPS) is 11.1. The van der Waals surface area contributed by atoms with E-state index in [1.807, 2.05) is 13.8 Å². The van der Waals surface area contributed by atoms with Crippen molar-refractivity contribution in [3.05, 3.63) is 81.5 Å². The third-order valence-electron chi connectivity index (χ3n) is 5.20. The molecule has 0 N–H and O–H groups in total. The van der Waals surface area contributed by atoms with Crippen LogP contribution in [0.4, 0.5) is 0 Å². The van der Waals surface area contributed by atoms with Gasteiger partial charge in [0.05, 0.1) is 35.0 Å². The number of nitrogens with zero attached hydrogens (tertiary/aromatic N) is 2. The smallest absolute Gasteiger partial charge is 0.347 e. The van der Waals surface area contributed by atoms with Gasteiger partial charge in [-0.2, -0.15) is 0 Å². The van der Waals surface area contributed by atoms with Crippen molar-refractivity contribution in [2.75, 3.05) is 13.2 Å². The standard InChI is InChI=1S/C26H20N2O6/c1-3-31-17-9-11-21-19(13-17)25(29)33-23(27-21)15-5-7-16(8-6-15)24-28-22-12-10-18(32-4-2)14-20(22)26(30)34-24/h5-14H,3-4H2,1-2H3. The van der Waals surface area contributed by atoms with Crippen LogP contribution in [0.1, 0.15) is 13.8 Å². The minimum atomic E-state index is -0.501. The monoisotopic (exact) mass is 456 g/mol. The van der Waals surface area contributed by atoms with E-state index in [-0.39, 0.29) is 11.8 Å². The second kappa shape index (κ2) is 8.82. The van der Waals surface area contributed by atoms with Crippen LogP contribution in [0.5, 0.6) is 11.5 Å². The highest BCUT2D eigenvalue weighted by atomic mass is 16.5. The maximum Gasteiger partial charge on any atom is 0.347 e. The molecule has 0 saturated heterocycles. The molecule has 34 heavy (non-hydrogen) atoms. The largest absolute Gasteiger partial charge is 0.494 e. The highest BCUT2D eigenvalue weighted by Gasteiger charge is 2.13. The zero-order valence-corrected chi connectivity index (χ0v) is 18.5. The molecule has 3 aromatic carbocycles. The molecule has 8 nitrogen and oxygen atoms in total. The summed E-state index contributed by atoms with van der Waals surface area (Å²) in [7, 11) is 0. The summed E-state index contributed by atoms with van der Waals surface area (Å²) in [6.07, 6.45) is 0. The maximum atomic E-state index is 12.5. The molecule has 8 heteroatoms. The number of rotatable bonds is 6. The summed E-state index contributed by atoms with van der Waals surface area (Å²) < 4.78 is 21.8. The van der Waals surface area contributed by atoms with Crippen molar-refractivity contribution in [3.8, 4) is 34.4 Å². The third-order valence-corrected chi connectivity index (χ3v) is 5.20. The molecule has 0 aliphatic heterocycles. The van der Waals surface area contributed by atoms with Gasteiger partial charge in [-0.1, -0.05) is 0 Å². The molecule has 0 radical (unpaired) electrons. The average molecular weight is 456 g/mol. The number of ether oxygens (including phenoxy) is 2. The summed E-state index contributed by atoms with van der Waals surface area (Å²) in [5.74, 6) is 1.54. The van der Waals surface area contributed by atoms with Crippen LogP contribution in [0.15, 0.2) is 79.1 Å². The zero-order valence-electron chi connectivity index (χ0n) is 18.5. The molecular formula is C26H20N2O6. The van der Waals surface area contributed by atoms with Crippen molar-refractivity contribution in [1.29, 1.82) is 0 Å². The molecule has 2 heterocycles. The van der Waals surface area contributed by atoms with Gasteiger partial charge in [-0.05, 0) is 74.5 Å². The molecule has 0 spiro atoms. The Balaban J connectivity index is 1.49. The van der Waals surface area contributed by atoms with E-state index in [2.05, 4.69) is 9.97 Å². The lowest BCUT2D eigenvalue weighted by Crippen LogP contribution is -2.04. The summed E-state index contributed by atoms with van der Waals surface area (Å²) in [5, 5.41) is 0.696. The van der Waals surface area contributed by atoms with E-state index < -0.39 is 11.3 Å². The summed E-state index contributed by atoms with van der Waals surface area (Å²) in [4.78, 5) is 34.0. The summed E-state index contributed by atoms with van der Waals surface area (Å²) in [5.41, 5.74) is 1.21. The summed E-state index contributed by atoms with van der Waals surface area (Å²) in [6, 6.07) is 17.1. The molecule has 0 atom stereocenters. The molecular weight excluding hydrogens is 436 g/mol. The van der Waals surface area contributed by atoms with Gasteiger partial charge >= 0.3 is 11.3 Å². The van der Waals surface area contributed by atoms with Gasteiger partial charge in [0.1, 0.15) is 11.5 Å². The van der Waals surface area contributed by atoms with Crippen molar-refractivity contribution in [2.45, 2.75) is 13.8 Å². The number of aromatic nitrogens is 2. The molecule has 2 aromatic heterocycles. The predicted octanol–water partition coefficient (Wildman–Crippen LogP) is 4.82. The molecule has 0 saturated carbocycles. The minimum absolute atomic E-state index is 0.185. The first-order valence-corrected chi connectivity index (χ1v) is 10.8. The first kappa shape index (κ1) is 21.4. The Labute approximate surface area is 193 Å². The van der Waals surface area contributed by atoms with Crippen LogP contribution in [0.3, 0.4) is 0 Å². The summed E-state index contributed by atoms with van der Waals surface area (Å²) in [6.45, 7) is 4.73. The molecule has 170 valence electrons. The van der Waals surface area contributed by atoms with Gasteiger partial charge < -0.3 is 18.3 Å². The maximum absolute atomic E-state index is 12.5. The van der Waals surface area contributed by atoms with Gasteiger partial charge in [-0.3, -0.25) is 0 Å². The number of benzene rings is 3. The van der Waals surface area contributed by atoms with Gasteiger partial charge in [-0.25, -0.2) is 19.6 Å². The Bertz CT molecular complexity index is 1500. The highest BCUT2D eigenvalue weighted by molar-refractivity contribution is 5.81. The topological polar surface area (TPSA) is 105 Å². The fourth-order valence-electron chi connectivity index (χ4n) is 3.62. The van der Waals surface area contributed by atoms with Crippen LogP contribution in [-0.2, 0) is 0 Å². The summed E-state index contributed by atoms with van der Waals surface area (Å²) >= 11 is 0. The van der Waals surface area contributed by atoms with E-state index in [1.54, 1.807) is 60.7 Å². The lowest BCUT2D eigenvalue weighted by molar-refractivity contribution is 0.340. The fourth-order valence-corrected chi connectivity index (χ4v) is 3.62. The van der Waals surface area contributed by atoms with Gasteiger partial charge in [-0.15, -0.1) is 0 Å². The van der Waals surface area contributed by atoms with Gasteiger partial charge in [0, 0.05) is 11.1 Å². The van der Waals surface area contributed by atoms with Gasteiger partial charge in [0.2, 0.25) is 11.8 Å². The Kier molecular flexibility index (Phi) is 5.55. The number of hydrogen-bond donors (Lipinski definition) is 0. The van der Waals surface area contributed by atoms with Crippen LogP contribution in [0, 0.1) is 0 Å². The van der Waals surface area contributed by atoms with Crippen molar-refractivity contribution in [3.63, 3.8) is 0 Å². The molecule has 0 amide bonds. The number of fused-ring (bicyclic) bond motifs is 2. The van der Waals surface area contributed by atoms with Crippen LogP contribution in [0.25, 0.3) is 44.7 Å². The van der Waals surface area contributed by atoms with Crippen LogP contribution in [0.2, 0.25) is 0 Å². The molecule has 0 aliphatic rings. The van der Waals surface area contributed by atoms with Gasteiger partial charge in [0.15, 0.2) is 0 Å². The first-order chi connectivity index (χ1) is 16.6. The lowest BCUT2D eigenvalue weighted by atomic mass is 10.1. The van der Waals surface area contributed by atoms with E-state index in [4.69, 9.17) is 18.3 Å². The Morgan fingerprint density at radius 2 is 1.06 bits per heavy atom. The van der Waals surface area contributed by atoms with Crippen LogP contribution >= 0.6 is 0 Å². The minimum Gasteiger partial charge on any atom is -0.494 e. The average Bonchev–Trinajstić information content (AvgIpc) is 2.85. The second-order valence-electron chi connectivity index (χ2n) is 7.41. The highest BCUT2D eigenvalue weighted by Crippen LogP contribution is 2.26. The van der Waals surface area contributed by atoms with E-state index in [0.29, 0.717) is 57.6 Å². The van der Waals surface area contributed by atoms with E-state index in [9.17, 15) is 9.59 Å². The zero-order chi connectivity index (χ0) is 23.7.